The topological polar surface area (TPSA) is 118 Å². The molecule has 7 heteroatoms. The lowest BCUT2D eigenvalue weighted by atomic mass is 10.2. The number of rotatable bonds is 6. The molecule has 0 saturated carbocycles. The van der Waals surface area contributed by atoms with Crippen LogP contribution in [0.25, 0.3) is 0 Å². The zero-order valence-corrected chi connectivity index (χ0v) is 11.0. The van der Waals surface area contributed by atoms with E-state index in [9.17, 15) is 19.2 Å². The molecule has 0 radical (unpaired) electrons. The van der Waals surface area contributed by atoms with Crippen molar-refractivity contribution in [3.05, 3.63) is 37.0 Å². The molecule has 0 heterocycles. The van der Waals surface area contributed by atoms with E-state index in [-0.39, 0.29) is 17.6 Å². The number of hydrogen-bond donors (Lipinski definition) is 2. The highest BCUT2D eigenvalue weighted by molar-refractivity contribution is 5.95. The fourth-order valence-corrected chi connectivity index (χ4v) is 0.608. The molecule has 0 spiro atoms. The maximum absolute atomic E-state index is 10.7. The van der Waals surface area contributed by atoms with Crippen molar-refractivity contribution in [3.63, 3.8) is 0 Å². The minimum atomic E-state index is -1.27. The van der Waals surface area contributed by atoms with Crippen molar-refractivity contribution in [1.82, 2.24) is 0 Å². The van der Waals surface area contributed by atoms with E-state index >= 15 is 0 Å². The van der Waals surface area contributed by atoms with Gasteiger partial charge in [0, 0.05) is 11.1 Å². The van der Waals surface area contributed by atoms with Crippen LogP contribution in [-0.2, 0) is 23.9 Å². The monoisotopic (exact) mass is 284 g/mol. The molecule has 0 fully saturated rings. The van der Waals surface area contributed by atoms with Crippen LogP contribution in [0.3, 0.4) is 0 Å². The van der Waals surface area contributed by atoms with Gasteiger partial charge in [-0.2, -0.15) is 0 Å². The highest BCUT2D eigenvalue weighted by atomic mass is 16.6. The first kappa shape index (κ1) is 19.6. The predicted molar refractivity (Wildman–Crippen MR) is 69.8 cm³/mol. The Balaban J connectivity index is 0. The smallest absolute Gasteiger partial charge is 0.340 e. The molecule has 0 aromatic heterocycles. The molecule has 110 valence electrons. The molecule has 0 aromatic carbocycles. The van der Waals surface area contributed by atoms with Crippen molar-refractivity contribution < 1.29 is 34.1 Å². The Morgan fingerprint density at radius 3 is 1.90 bits per heavy atom. The van der Waals surface area contributed by atoms with Crippen molar-refractivity contribution in [3.8, 4) is 0 Å². The summed E-state index contributed by atoms with van der Waals surface area (Å²) in [4.78, 5) is 40.9. The zero-order valence-electron chi connectivity index (χ0n) is 11.0. The third-order valence-corrected chi connectivity index (χ3v) is 1.53. The molecule has 0 aliphatic carbocycles. The van der Waals surface area contributed by atoms with Crippen molar-refractivity contribution in [2.45, 2.75) is 19.8 Å². The number of hydrogen-bond acceptors (Lipinski definition) is 5. The third kappa shape index (κ3) is 11.8. The predicted octanol–water partition coefficient (Wildman–Crippen LogP) is 1.31. The van der Waals surface area contributed by atoms with Crippen LogP contribution in [0.5, 0.6) is 0 Å². The van der Waals surface area contributed by atoms with Gasteiger partial charge in [-0.05, 0) is 6.92 Å². The quantitative estimate of drug-likeness (QED) is 0.326. The molecule has 0 atom stereocenters. The normalized spacial score (nSPS) is 8.45. The lowest BCUT2D eigenvalue weighted by Crippen LogP contribution is -2.11. The molecular formula is C13H16O7. The van der Waals surface area contributed by atoms with Crippen LogP contribution in [0.1, 0.15) is 19.8 Å². The standard InChI is InChI=1S/C8H10O3.C5H6O4/c1-4-5-7(9)11-8(10)6(2)3;1-3(5(8)9)2-4(6)7/h4H,1-2,5H2,3H3;1-2H2,(H,6,7)(H,8,9). The van der Waals surface area contributed by atoms with Crippen LogP contribution in [-0.4, -0.2) is 34.1 Å². The number of carbonyl (C=O) groups is 4. The maximum Gasteiger partial charge on any atom is 0.340 e. The van der Waals surface area contributed by atoms with Crippen LogP contribution >= 0.6 is 0 Å². The van der Waals surface area contributed by atoms with E-state index in [1.807, 2.05) is 0 Å². The molecule has 7 nitrogen and oxygen atoms in total. The summed E-state index contributed by atoms with van der Waals surface area (Å²) in [5.41, 5.74) is -0.0927. The van der Waals surface area contributed by atoms with Gasteiger partial charge in [0.05, 0.1) is 12.8 Å². The Morgan fingerprint density at radius 1 is 1.15 bits per heavy atom. The molecule has 0 unspecified atom stereocenters. The molecule has 20 heavy (non-hydrogen) atoms. The third-order valence-electron chi connectivity index (χ3n) is 1.53. The minimum Gasteiger partial charge on any atom is -0.481 e. The second-order valence-corrected chi connectivity index (χ2v) is 3.51. The molecule has 2 N–H and O–H groups in total. The van der Waals surface area contributed by atoms with E-state index in [1.54, 1.807) is 0 Å². The second kappa shape index (κ2) is 10.2. The Bertz CT molecular complexity index is 446. The number of carboxylic acid groups (broad SMARTS) is 2. The average molecular weight is 284 g/mol. The number of carbonyl (C=O) groups excluding carboxylic acids is 2. The molecule has 0 aromatic rings. The number of aliphatic carboxylic acids is 2. The molecule has 0 rings (SSSR count). The molecule has 0 aliphatic rings. The summed E-state index contributed by atoms with van der Waals surface area (Å²) in [6, 6.07) is 0. The van der Waals surface area contributed by atoms with E-state index in [1.165, 1.54) is 13.0 Å². The SMILES string of the molecule is C=C(CC(=O)O)C(=O)O.C=CCC(=O)OC(=O)C(=C)C. The van der Waals surface area contributed by atoms with Crippen LogP contribution in [0.4, 0.5) is 0 Å². The average Bonchev–Trinajstić information content (AvgIpc) is 2.28. The summed E-state index contributed by atoms with van der Waals surface area (Å²) >= 11 is 0. The van der Waals surface area contributed by atoms with Crippen molar-refractivity contribution in [2.24, 2.45) is 0 Å². The molecule has 0 amide bonds. The molecular weight excluding hydrogens is 268 g/mol. The zero-order chi connectivity index (χ0) is 16.3. The van der Waals surface area contributed by atoms with E-state index in [0.717, 1.165) is 0 Å². The number of ether oxygens (including phenoxy) is 1. The van der Waals surface area contributed by atoms with Crippen molar-refractivity contribution in [1.29, 1.82) is 0 Å². The van der Waals surface area contributed by atoms with Gasteiger partial charge in [-0.25, -0.2) is 9.59 Å². The fraction of sp³-hybridized carbons (Fsp3) is 0.231. The van der Waals surface area contributed by atoms with E-state index in [4.69, 9.17) is 10.2 Å². The maximum atomic E-state index is 10.7. The minimum absolute atomic E-state index is 0.0407. The summed E-state index contributed by atoms with van der Waals surface area (Å²) in [5, 5.41) is 16.1. The first-order chi connectivity index (χ1) is 9.11. The Hall–Kier alpha value is -2.70. The summed E-state index contributed by atoms with van der Waals surface area (Å²) in [6.07, 6.45) is 0.905. The van der Waals surface area contributed by atoms with Gasteiger partial charge in [0.25, 0.3) is 0 Å². The molecule has 0 bridgehead atoms. The summed E-state index contributed by atoms with van der Waals surface area (Å²) in [6.45, 7) is 11.1. The van der Waals surface area contributed by atoms with Gasteiger partial charge in [-0.1, -0.05) is 19.2 Å². The van der Waals surface area contributed by atoms with Gasteiger partial charge >= 0.3 is 23.9 Å². The van der Waals surface area contributed by atoms with Gasteiger partial charge in [-0.15, -0.1) is 6.58 Å². The number of esters is 2. The highest BCUT2D eigenvalue weighted by Gasteiger charge is 2.08. The van der Waals surface area contributed by atoms with Crippen LogP contribution in [0.15, 0.2) is 37.0 Å². The fourth-order valence-electron chi connectivity index (χ4n) is 0.608. The second-order valence-electron chi connectivity index (χ2n) is 3.51. The summed E-state index contributed by atoms with van der Waals surface area (Å²) in [5.74, 6) is -3.73. The Morgan fingerprint density at radius 2 is 1.65 bits per heavy atom. The van der Waals surface area contributed by atoms with E-state index in [0.29, 0.717) is 0 Å². The van der Waals surface area contributed by atoms with Crippen LogP contribution in [0, 0.1) is 0 Å². The largest absolute Gasteiger partial charge is 0.481 e. The lowest BCUT2D eigenvalue weighted by molar-refractivity contribution is -0.156. The van der Waals surface area contributed by atoms with Crippen LogP contribution < -0.4 is 0 Å². The lowest BCUT2D eigenvalue weighted by Gasteiger charge is -1.98. The Kier molecular flexibility index (Phi) is 10.1. The highest BCUT2D eigenvalue weighted by Crippen LogP contribution is 1.96. The summed E-state index contributed by atoms with van der Waals surface area (Å²) in [7, 11) is 0. The summed E-state index contributed by atoms with van der Waals surface area (Å²) < 4.78 is 4.30. The van der Waals surface area contributed by atoms with Gasteiger partial charge in [-0.3, -0.25) is 9.59 Å². The van der Waals surface area contributed by atoms with Crippen molar-refractivity contribution >= 4 is 23.9 Å². The Labute approximate surface area is 115 Å². The van der Waals surface area contributed by atoms with E-state index in [2.05, 4.69) is 24.5 Å². The first-order valence-corrected chi connectivity index (χ1v) is 5.26. The first-order valence-electron chi connectivity index (χ1n) is 5.26. The van der Waals surface area contributed by atoms with Gasteiger partial charge in [0.2, 0.25) is 0 Å². The molecule has 0 aliphatic heterocycles. The molecule has 0 saturated heterocycles. The van der Waals surface area contributed by atoms with Crippen LogP contribution in [0.2, 0.25) is 0 Å². The van der Waals surface area contributed by atoms with Gasteiger partial charge < -0.3 is 14.9 Å². The van der Waals surface area contributed by atoms with Gasteiger partial charge in [0.15, 0.2) is 0 Å². The van der Waals surface area contributed by atoms with Crippen molar-refractivity contribution in [2.75, 3.05) is 0 Å². The number of carboxylic acids is 2. The van der Waals surface area contributed by atoms with E-state index < -0.39 is 30.3 Å². The van der Waals surface area contributed by atoms with Gasteiger partial charge in [0.1, 0.15) is 0 Å².